The van der Waals surface area contributed by atoms with E-state index in [0.717, 1.165) is 48.3 Å². The van der Waals surface area contributed by atoms with Gasteiger partial charge in [0.25, 0.3) is 0 Å². The minimum Gasteiger partial charge on any atom is -0.493 e. The summed E-state index contributed by atoms with van der Waals surface area (Å²) in [5.41, 5.74) is 1.55. The number of hydrogen-bond acceptors (Lipinski definition) is 4. The molecule has 4 heteroatoms. The number of aliphatic hydroxyl groups is 1. The highest BCUT2D eigenvalue weighted by atomic mass is 16.5. The van der Waals surface area contributed by atoms with Crippen LogP contribution in [-0.4, -0.2) is 31.0 Å². The summed E-state index contributed by atoms with van der Waals surface area (Å²) in [7, 11) is 1.64. The maximum atomic E-state index is 10.3. The van der Waals surface area contributed by atoms with Crippen LogP contribution in [0.4, 0.5) is 0 Å². The Morgan fingerprint density at radius 2 is 2.05 bits per heavy atom. The fraction of sp³-hybridized carbons (Fsp3) is 0.556. The van der Waals surface area contributed by atoms with Gasteiger partial charge in [-0.2, -0.15) is 0 Å². The van der Waals surface area contributed by atoms with Gasteiger partial charge in [-0.1, -0.05) is 25.5 Å². The second-order valence-electron chi connectivity index (χ2n) is 6.27. The van der Waals surface area contributed by atoms with Gasteiger partial charge in [0.1, 0.15) is 6.61 Å². The molecule has 0 aromatic heterocycles. The number of ether oxygens (including phenoxy) is 2. The van der Waals surface area contributed by atoms with Crippen molar-refractivity contribution < 1.29 is 14.6 Å². The quantitative estimate of drug-likeness (QED) is 0.725. The van der Waals surface area contributed by atoms with Crippen LogP contribution in [0.3, 0.4) is 0 Å². The van der Waals surface area contributed by atoms with E-state index in [4.69, 9.17) is 9.47 Å². The highest BCUT2D eigenvalue weighted by Gasteiger charge is 2.30. The molecule has 1 aromatic carbocycles. The van der Waals surface area contributed by atoms with Gasteiger partial charge >= 0.3 is 0 Å². The second-order valence-corrected chi connectivity index (χ2v) is 6.27. The average molecular weight is 305 g/mol. The molecule has 122 valence electrons. The Hall–Kier alpha value is -1.52. The van der Waals surface area contributed by atoms with E-state index in [-0.39, 0.29) is 0 Å². The molecule has 0 saturated heterocycles. The van der Waals surface area contributed by atoms with Crippen LogP contribution in [0.25, 0.3) is 0 Å². The van der Waals surface area contributed by atoms with Crippen molar-refractivity contribution in [1.82, 2.24) is 5.32 Å². The fourth-order valence-electron chi connectivity index (χ4n) is 2.79. The lowest BCUT2D eigenvalue weighted by Gasteiger charge is -2.22. The van der Waals surface area contributed by atoms with Gasteiger partial charge in [0, 0.05) is 13.1 Å². The Balaban J connectivity index is 1.92. The van der Waals surface area contributed by atoms with E-state index in [1.165, 1.54) is 0 Å². The summed E-state index contributed by atoms with van der Waals surface area (Å²) in [6.45, 7) is 7.60. The Morgan fingerprint density at radius 1 is 1.32 bits per heavy atom. The van der Waals surface area contributed by atoms with E-state index < -0.39 is 5.60 Å². The summed E-state index contributed by atoms with van der Waals surface area (Å²) < 4.78 is 11.0. The lowest BCUT2D eigenvalue weighted by atomic mass is 10.0. The van der Waals surface area contributed by atoms with Crippen molar-refractivity contribution in [1.29, 1.82) is 0 Å². The first kappa shape index (κ1) is 16.8. The van der Waals surface area contributed by atoms with E-state index in [0.29, 0.717) is 19.7 Å². The van der Waals surface area contributed by atoms with Gasteiger partial charge in [-0.25, -0.2) is 0 Å². The van der Waals surface area contributed by atoms with Gasteiger partial charge in [-0.15, -0.1) is 0 Å². The molecule has 1 saturated carbocycles. The largest absolute Gasteiger partial charge is 0.493 e. The second kappa shape index (κ2) is 7.65. The zero-order chi connectivity index (χ0) is 16.0. The van der Waals surface area contributed by atoms with Gasteiger partial charge < -0.3 is 19.9 Å². The minimum atomic E-state index is -0.522. The summed E-state index contributed by atoms with van der Waals surface area (Å²) in [5, 5.41) is 13.7. The van der Waals surface area contributed by atoms with Crippen molar-refractivity contribution in [3.63, 3.8) is 0 Å². The van der Waals surface area contributed by atoms with Crippen molar-refractivity contribution in [3.05, 3.63) is 35.9 Å². The number of nitrogens with one attached hydrogen (secondary N) is 1. The van der Waals surface area contributed by atoms with Gasteiger partial charge in [0.15, 0.2) is 11.5 Å². The number of hydrogen-bond donors (Lipinski definition) is 2. The molecule has 1 aromatic rings. The third kappa shape index (κ3) is 4.75. The zero-order valence-electron chi connectivity index (χ0n) is 13.7. The van der Waals surface area contributed by atoms with Crippen LogP contribution < -0.4 is 14.8 Å². The number of benzene rings is 1. The first-order valence-electron chi connectivity index (χ1n) is 7.90. The van der Waals surface area contributed by atoms with Crippen molar-refractivity contribution in [2.75, 3.05) is 20.3 Å². The summed E-state index contributed by atoms with van der Waals surface area (Å²) >= 11 is 0. The molecule has 0 heterocycles. The fourth-order valence-corrected chi connectivity index (χ4v) is 2.79. The summed E-state index contributed by atoms with van der Waals surface area (Å²) in [4.78, 5) is 0. The third-order valence-electron chi connectivity index (χ3n) is 4.02. The maximum Gasteiger partial charge on any atom is 0.161 e. The van der Waals surface area contributed by atoms with E-state index in [2.05, 4.69) is 11.9 Å². The molecule has 22 heavy (non-hydrogen) atoms. The van der Waals surface area contributed by atoms with Crippen LogP contribution in [0, 0.1) is 0 Å². The molecule has 4 nitrogen and oxygen atoms in total. The molecule has 2 N–H and O–H groups in total. The van der Waals surface area contributed by atoms with E-state index >= 15 is 0 Å². The maximum absolute atomic E-state index is 10.3. The van der Waals surface area contributed by atoms with Crippen molar-refractivity contribution in [2.24, 2.45) is 0 Å². The molecule has 0 bridgehead atoms. The van der Waals surface area contributed by atoms with Gasteiger partial charge in [-0.3, -0.25) is 0 Å². The monoisotopic (exact) mass is 305 g/mol. The molecule has 0 radical (unpaired) electrons. The van der Waals surface area contributed by atoms with Gasteiger partial charge in [0.05, 0.1) is 12.7 Å². The molecule has 2 rings (SSSR count). The van der Waals surface area contributed by atoms with E-state index in [9.17, 15) is 5.11 Å². The molecule has 0 aliphatic heterocycles. The first-order valence-corrected chi connectivity index (χ1v) is 7.90. The first-order chi connectivity index (χ1) is 10.5. The highest BCUT2D eigenvalue weighted by molar-refractivity contribution is 5.43. The average Bonchev–Trinajstić information content (AvgIpc) is 2.92. The molecular weight excluding hydrogens is 278 g/mol. The summed E-state index contributed by atoms with van der Waals surface area (Å²) in [6.07, 6.45) is 4.05. The topological polar surface area (TPSA) is 50.7 Å². The SMILES string of the molecule is C=C(C)COc1cc(CNCC2(O)CCCC2)ccc1OC. The smallest absolute Gasteiger partial charge is 0.161 e. The van der Waals surface area contributed by atoms with Gasteiger partial charge in [0.2, 0.25) is 0 Å². The van der Waals surface area contributed by atoms with E-state index in [1.807, 2.05) is 25.1 Å². The van der Waals surface area contributed by atoms with E-state index in [1.54, 1.807) is 7.11 Å². The summed E-state index contributed by atoms with van der Waals surface area (Å²) in [6, 6.07) is 5.90. The Kier molecular flexibility index (Phi) is 5.86. The van der Waals surface area contributed by atoms with Crippen LogP contribution in [0.5, 0.6) is 11.5 Å². The lowest BCUT2D eigenvalue weighted by molar-refractivity contribution is 0.0475. The Bertz CT molecular complexity index is 507. The van der Waals surface area contributed by atoms with Crippen LogP contribution in [0.1, 0.15) is 38.2 Å². The molecule has 0 unspecified atom stereocenters. The highest BCUT2D eigenvalue weighted by Crippen LogP contribution is 2.30. The molecule has 1 fully saturated rings. The van der Waals surface area contributed by atoms with Crippen molar-refractivity contribution in [3.8, 4) is 11.5 Å². The molecule has 0 amide bonds. The molecule has 1 aliphatic carbocycles. The predicted octanol–water partition coefficient (Wildman–Crippen LogP) is 3.04. The number of methoxy groups -OCH3 is 1. The van der Waals surface area contributed by atoms with Crippen LogP contribution in [-0.2, 0) is 6.54 Å². The van der Waals surface area contributed by atoms with Crippen LogP contribution >= 0.6 is 0 Å². The Labute approximate surface area is 133 Å². The Morgan fingerprint density at radius 3 is 2.68 bits per heavy atom. The zero-order valence-corrected chi connectivity index (χ0v) is 13.7. The minimum absolute atomic E-state index is 0.479. The standard InChI is InChI=1S/C18H27NO3/c1-14(2)12-22-17-10-15(6-7-16(17)21-3)11-19-13-18(20)8-4-5-9-18/h6-7,10,19-20H,1,4-5,8-9,11-13H2,2-3H3. The van der Waals surface area contributed by atoms with Crippen molar-refractivity contribution >= 4 is 0 Å². The molecule has 1 aliphatic rings. The van der Waals surface area contributed by atoms with Gasteiger partial charge in [-0.05, 0) is 43.0 Å². The van der Waals surface area contributed by atoms with Crippen LogP contribution in [0.2, 0.25) is 0 Å². The normalized spacial score (nSPS) is 16.5. The predicted molar refractivity (Wildman–Crippen MR) is 88.4 cm³/mol. The van der Waals surface area contributed by atoms with Crippen LogP contribution in [0.15, 0.2) is 30.4 Å². The number of rotatable bonds is 8. The molecule has 0 spiro atoms. The third-order valence-corrected chi connectivity index (χ3v) is 4.02. The summed E-state index contributed by atoms with van der Waals surface area (Å²) in [5.74, 6) is 1.45. The molecule has 0 atom stereocenters. The van der Waals surface area contributed by atoms with Crippen molar-refractivity contribution in [2.45, 2.75) is 44.8 Å². The lowest BCUT2D eigenvalue weighted by Crippen LogP contribution is -2.37. The molecular formula is C18H27NO3.